The molecule has 6 heteroatoms. The van der Waals surface area contributed by atoms with Gasteiger partial charge in [-0.25, -0.2) is 4.99 Å². The van der Waals surface area contributed by atoms with Crippen LogP contribution in [0.25, 0.3) is 0 Å². The van der Waals surface area contributed by atoms with Gasteiger partial charge in [0.1, 0.15) is 0 Å². The molecule has 0 saturated carbocycles. The van der Waals surface area contributed by atoms with Crippen LogP contribution in [0.2, 0.25) is 0 Å². The number of aliphatic imine (C=N–C) groups is 1. The highest BCUT2D eigenvalue weighted by Gasteiger charge is 2.18. The van der Waals surface area contributed by atoms with Crippen molar-refractivity contribution in [3.05, 3.63) is 35.4 Å². The van der Waals surface area contributed by atoms with E-state index in [4.69, 9.17) is 9.73 Å². The van der Waals surface area contributed by atoms with E-state index in [1.807, 2.05) is 0 Å². The Morgan fingerprint density at radius 2 is 2.04 bits per heavy atom. The van der Waals surface area contributed by atoms with Crippen molar-refractivity contribution in [1.82, 2.24) is 15.5 Å². The molecular formula is C20H35IN4O. The zero-order valence-electron chi connectivity index (χ0n) is 16.5. The Balaban J connectivity index is 0.00000338. The van der Waals surface area contributed by atoms with E-state index in [0.29, 0.717) is 6.54 Å². The smallest absolute Gasteiger partial charge is 0.191 e. The van der Waals surface area contributed by atoms with Crippen molar-refractivity contribution in [1.29, 1.82) is 0 Å². The summed E-state index contributed by atoms with van der Waals surface area (Å²) in [7, 11) is 1.77. The van der Waals surface area contributed by atoms with Crippen molar-refractivity contribution in [2.24, 2.45) is 10.9 Å². The Kier molecular flexibility index (Phi) is 11.9. The highest BCUT2D eigenvalue weighted by Crippen LogP contribution is 2.16. The van der Waals surface area contributed by atoms with Gasteiger partial charge in [-0.15, -0.1) is 24.0 Å². The van der Waals surface area contributed by atoms with Crippen molar-refractivity contribution in [3.63, 3.8) is 0 Å². The molecule has 1 aliphatic rings. The molecule has 0 atom stereocenters. The van der Waals surface area contributed by atoms with Gasteiger partial charge in [-0.3, -0.25) is 0 Å². The number of piperidine rings is 1. The van der Waals surface area contributed by atoms with Crippen molar-refractivity contribution < 1.29 is 4.74 Å². The predicted octanol–water partition coefficient (Wildman–Crippen LogP) is 3.03. The van der Waals surface area contributed by atoms with Crippen molar-refractivity contribution in [2.45, 2.75) is 33.2 Å². The molecule has 0 spiro atoms. The zero-order valence-corrected chi connectivity index (χ0v) is 18.8. The van der Waals surface area contributed by atoms with Gasteiger partial charge in [0.05, 0.1) is 13.2 Å². The molecule has 1 aromatic carbocycles. The summed E-state index contributed by atoms with van der Waals surface area (Å²) in [6.45, 7) is 11.1. The molecule has 5 nitrogen and oxygen atoms in total. The quantitative estimate of drug-likeness (QED) is 0.346. The molecule has 1 saturated heterocycles. The van der Waals surface area contributed by atoms with Gasteiger partial charge in [0, 0.05) is 26.7 Å². The maximum absolute atomic E-state index is 5.17. The molecule has 0 amide bonds. The maximum Gasteiger partial charge on any atom is 0.191 e. The number of benzene rings is 1. The molecule has 0 radical (unpaired) electrons. The fourth-order valence-electron chi connectivity index (χ4n) is 3.20. The molecule has 0 unspecified atom stereocenters. The number of aryl methyl sites for hydroxylation is 1. The lowest BCUT2D eigenvalue weighted by atomic mass is 9.97. The number of guanidine groups is 1. The molecule has 1 fully saturated rings. The van der Waals surface area contributed by atoms with Gasteiger partial charge in [-0.05, 0) is 51.3 Å². The molecule has 0 aromatic heterocycles. The Morgan fingerprint density at radius 1 is 1.27 bits per heavy atom. The van der Waals surface area contributed by atoms with Crippen LogP contribution in [0.4, 0.5) is 0 Å². The van der Waals surface area contributed by atoms with Gasteiger partial charge in [0.25, 0.3) is 0 Å². The lowest BCUT2D eigenvalue weighted by molar-refractivity contribution is 0.121. The number of likely N-dealkylation sites (tertiary alicyclic amines) is 1. The van der Waals surface area contributed by atoms with E-state index in [2.05, 4.69) is 53.6 Å². The summed E-state index contributed by atoms with van der Waals surface area (Å²) >= 11 is 0. The van der Waals surface area contributed by atoms with E-state index < -0.39 is 0 Å². The Bertz CT molecular complexity index is 530. The Morgan fingerprint density at radius 3 is 2.69 bits per heavy atom. The molecule has 148 valence electrons. The number of ether oxygens (including phenoxy) is 1. The summed E-state index contributed by atoms with van der Waals surface area (Å²) in [6.07, 6.45) is 2.49. The van der Waals surface area contributed by atoms with Crippen LogP contribution in [-0.4, -0.2) is 57.3 Å². The number of nitrogens with zero attached hydrogens (tertiary/aromatic N) is 2. The van der Waals surface area contributed by atoms with Gasteiger partial charge in [0.15, 0.2) is 5.96 Å². The Hall–Kier alpha value is -0.860. The first-order chi connectivity index (χ1) is 12.2. The fourth-order valence-corrected chi connectivity index (χ4v) is 3.20. The van der Waals surface area contributed by atoms with Crippen molar-refractivity contribution in [2.75, 3.05) is 46.4 Å². The van der Waals surface area contributed by atoms with Crippen molar-refractivity contribution in [3.8, 4) is 0 Å². The summed E-state index contributed by atoms with van der Waals surface area (Å²) in [4.78, 5) is 7.23. The SMILES string of the molecule is CCNC(=NCc1cccc(C)c1)NCC1CCN(CCOC)CC1.I. The van der Waals surface area contributed by atoms with E-state index in [0.717, 1.165) is 38.1 Å². The molecule has 0 bridgehead atoms. The highest BCUT2D eigenvalue weighted by atomic mass is 127. The van der Waals surface area contributed by atoms with Crippen LogP contribution in [0.15, 0.2) is 29.3 Å². The lowest BCUT2D eigenvalue weighted by Crippen LogP contribution is -2.43. The molecular weight excluding hydrogens is 439 g/mol. The molecule has 1 aromatic rings. The fraction of sp³-hybridized carbons (Fsp3) is 0.650. The van der Waals surface area contributed by atoms with Crippen LogP contribution in [0.5, 0.6) is 0 Å². The van der Waals surface area contributed by atoms with E-state index in [1.54, 1.807) is 7.11 Å². The second-order valence-electron chi connectivity index (χ2n) is 6.84. The van der Waals surface area contributed by atoms with Crippen LogP contribution >= 0.6 is 24.0 Å². The minimum Gasteiger partial charge on any atom is -0.383 e. The molecule has 1 heterocycles. The zero-order chi connectivity index (χ0) is 17.9. The molecule has 26 heavy (non-hydrogen) atoms. The van der Waals surface area contributed by atoms with Crippen LogP contribution in [0.1, 0.15) is 30.9 Å². The molecule has 2 N–H and O–H groups in total. The van der Waals surface area contributed by atoms with Crippen LogP contribution in [0, 0.1) is 12.8 Å². The number of methoxy groups -OCH3 is 1. The minimum absolute atomic E-state index is 0. The predicted molar refractivity (Wildman–Crippen MR) is 120 cm³/mol. The van der Waals surface area contributed by atoms with Crippen molar-refractivity contribution >= 4 is 29.9 Å². The molecule has 2 rings (SSSR count). The largest absolute Gasteiger partial charge is 0.383 e. The Labute approximate surface area is 176 Å². The monoisotopic (exact) mass is 474 g/mol. The summed E-state index contributed by atoms with van der Waals surface area (Å²) in [5.74, 6) is 1.65. The second-order valence-corrected chi connectivity index (χ2v) is 6.84. The summed E-state index contributed by atoms with van der Waals surface area (Å²) < 4.78 is 5.17. The third-order valence-corrected chi connectivity index (χ3v) is 4.72. The number of hydrogen-bond acceptors (Lipinski definition) is 3. The number of rotatable bonds is 8. The summed E-state index contributed by atoms with van der Waals surface area (Å²) in [6, 6.07) is 8.55. The van der Waals surface area contributed by atoms with Gasteiger partial charge >= 0.3 is 0 Å². The number of nitrogens with one attached hydrogen (secondary N) is 2. The third kappa shape index (κ3) is 8.68. The first kappa shape index (κ1) is 23.2. The van der Waals surface area contributed by atoms with Crippen LogP contribution < -0.4 is 10.6 Å². The molecule has 0 aliphatic carbocycles. The standard InChI is InChI=1S/C20H34N4O.HI/c1-4-21-20(23-16-19-7-5-6-17(2)14-19)22-15-18-8-10-24(11-9-18)12-13-25-3;/h5-7,14,18H,4,8-13,15-16H2,1-3H3,(H2,21,22,23);1H. The highest BCUT2D eigenvalue weighted by molar-refractivity contribution is 14.0. The van der Waals surface area contributed by atoms with Gasteiger partial charge < -0.3 is 20.3 Å². The van der Waals surface area contributed by atoms with Gasteiger partial charge in [-0.1, -0.05) is 29.8 Å². The second kappa shape index (κ2) is 13.3. The molecule has 1 aliphatic heterocycles. The van der Waals surface area contributed by atoms with E-state index in [-0.39, 0.29) is 24.0 Å². The number of hydrogen-bond donors (Lipinski definition) is 2. The topological polar surface area (TPSA) is 48.9 Å². The summed E-state index contributed by atoms with van der Waals surface area (Å²) in [5, 5.41) is 6.88. The minimum atomic E-state index is 0. The third-order valence-electron chi connectivity index (χ3n) is 4.72. The van der Waals surface area contributed by atoms with Gasteiger partial charge in [0.2, 0.25) is 0 Å². The average Bonchev–Trinajstić information content (AvgIpc) is 2.63. The van der Waals surface area contributed by atoms with E-state index in [9.17, 15) is 0 Å². The van der Waals surface area contributed by atoms with E-state index >= 15 is 0 Å². The summed E-state index contributed by atoms with van der Waals surface area (Å²) in [5.41, 5.74) is 2.54. The van der Waals surface area contributed by atoms with Gasteiger partial charge in [-0.2, -0.15) is 0 Å². The van der Waals surface area contributed by atoms with E-state index in [1.165, 1.54) is 37.1 Å². The maximum atomic E-state index is 5.17. The van der Waals surface area contributed by atoms with Crippen LogP contribution in [-0.2, 0) is 11.3 Å². The lowest BCUT2D eigenvalue weighted by Gasteiger charge is -2.32. The number of halogens is 1. The first-order valence-corrected chi connectivity index (χ1v) is 9.50. The first-order valence-electron chi connectivity index (χ1n) is 9.50. The van der Waals surface area contributed by atoms with Crippen LogP contribution in [0.3, 0.4) is 0 Å². The average molecular weight is 474 g/mol. The normalized spacial score (nSPS) is 16.2.